The number of aliphatic hydroxyl groups is 1. The molecule has 10 rings (SSSR count). The van der Waals surface area contributed by atoms with Crippen LogP contribution in [0.4, 0.5) is 0 Å². The van der Waals surface area contributed by atoms with E-state index in [9.17, 15) is 5.11 Å². The lowest BCUT2D eigenvalue weighted by Crippen LogP contribution is -2.27. The second-order valence-electron chi connectivity index (χ2n) is 17.0. The number of benzene rings is 6. The molecule has 0 saturated carbocycles. The van der Waals surface area contributed by atoms with Gasteiger partial charge in [0, 0.05) is 10.8 Å². The maximum atomic E-state index is 11.0. The van der Waals surface area contributed by atoms with Crippen LogP contribution >= 0.6 is 0 Å². The highest BCUT2D eigenvalue weighted by Crippen LogP contribution is 2.51. The number of aryl methyl sites for hydroxylation is 4. The van der Waals surface area contributed by atoms with Gasteiger partial charge in [-0.3, -0.25) is 0 Å². The summed E-state index contributed by atoms with van der Waals surface area (Å²) in [6.07, 6.45) is 3.60. The molecule has 2 heterocycles. The van der Waals surface area contributed by atoms with Crippen molar-refractivity contribution in [1.29, 1.82) is 0 Å². The van der Waals surface area contributed by atoms with E-state index in [1.165, 1.54) is 55.6 Å². The van der Waals surface area contributed by atoms with Crippen LogP contribution in [0.3, 0.4) is 0 Å². The third kappa shape index (κ3) is 7.66. The van der Waals surface area contributed by atoms with Gasteiger partial charge in [0.2, 0.25) is 0 Å². The molecule has 2 aliphatic heterocycles. The van der Waals surface area contributed by atoms with Gasteiger partial charge in [0.05, 0.1) is 13.2 Å². The van der Waals surface area contributed by atoms with E-state index in [1.807, 2.05) is 24.3 Å². The van der Waals surface area contributed by atoms with E-state index < -0.39 is 6.10 Å². The quantitative estimate of drug-likeness (QED) is 0.0979. The first kappa shape index (κ1) is 38.6. The van der Waals surface area contributed by atoms with Crippen molar-refractivity contribution >= 4 is 0 Å². The Morgan fingerprint density at radius 1 is 0.500 bits per heavy atom. The standard InChI is InChI=1S/C53H52O7/c1-35-3-5-37-23-25-52(50(37)27-35,41-11-19-46(20-12-41)57-31-48-33-59-48)39-7-15-44(16-8-39)55-29-43(54)30-56-45-17-9-40(10-18-45)53(26-24-38-6-4-36(2)28-51(38)53)42-13-21-47(22-14-42)58-32-49-34-60-49/h3-22,27-28,43,48-49,54H,23-26,29-34H2,1-2H3. The highest BCUT2D eigenvalue weighted by Gasteiger charge is 2.43. The summed E-state index contributed by atoms with van der Waals surface area (Å²) in [4.78, 5) is 0. The van der Waals surface area contributed by atoms with Gasteiger partial charge in [-0.1, -0.05) is 96.1 Å². The normalized spacial score (nSPS) is 22.7. The van der Waals surface area contributed by atoms with E-state index in [4.69, 9.17) is 28.4 Å². The zero-order valence-electron chi connectivity index (χ0n) is 34.4. The van der Waals surface area contributed by atoms with Crippen molar-refractivity contribution in [3.8, 4) is 23.0 Å². The molecule has 4 atom stereocenters. The first-order chi connectivity index (χ1) is 29.4. The van der Waals surface area contributed by atoms with Crippen LogP contribution in [-0.2, 0) is 33.1 Å². The topological polar surface area (TPSA) is 82.2 Å². The predicted octanol–water partition coefficient (Wildman–Crippen LogP) is 9.24. The van der Waals surface area contributed by atoms with Gasteiger partial charge in [-0.05, 0) is 133 Å². The van der Waals surface area contributed by atoms with Gasteiger partial charge in [-0.15, -0.1) is 0 Å². The maximum Gasteiger partial charge on any atom is 0.122 e. The largest absolute Gasteiger partial charge is 0.491 e. The van der Waals surface area contributed by atoms with E-state index in [1.54, 1.807) is 0 Å². The first-order valence-electron chi connectivity index (χ1n) is 21.4. The number of hydrogen-bond donors (Lipinski definition) is 1. The van der Waals surface area contributed by atoms with Crippen LogP contribution in [0.5, 0.6) is 23.0 Å². The van der Waals surface area contributed by atoms with Crippen molar-refractivity contribution in [2.45, 2.75) is 68.7 Å². The zero-order valence-corrected chi connectivity index (χ0v) is 34.4. The molecule has 0 spiro atoms. The molecule has 1 N–H and O–H groups in total. The third-order valence-corrected chi connectivity index (χ3v) is 12.9. The molecule has 7 heteroatoms. The van der Waals surface area contributed by atoms with E-state index in [0.717, 1.165) is 50.4 Å². The molecule has 0 amide bonds. The molecular formula is C53H52O7. The molecule has 7 nitrogen and oxygen atoms in total. The third-order valence-electron chi connectivity index (χ3n) is 12.9. The molecule has 0 radical (unpaired) electrons. The van der Waals surface area contributed by atoms with Gasteiger partial charge in [0.25, 0.3) is 0 Å². The van der Waals surface area contributed by atoms with Crippen LogP contribution in [0, 0.1) is 13.8 Å². The number of hydrogen-bond acceptors (Lipinski definition) is 7. The second kappa shape index (κ2) is 16.1. The Kier molecular flexibility index (Phi) is 10.4. The summed E-state index contributed by atoms with van der Waals surface area (Å²) >= 11 is 0. The molecule has 2 aliphatic carbocycles. The number of epoxide rings is 2. The Bertz CT molecular complexity index is 2260. The van der Waals surface area contributed by atoms with Gasteiger partial charge >= 0.3 is 0 Å². The minimum absolute atomic E-state index is 0.116. The average Bonchev–Trinajstić information content (AvgIpc) is 4.23. The first-order valence-corrected chi connectivity index (χ1v) is 21.4. The average molecular weight is 801 g/mol. The predicted molar refractivity (Wildman–Crippen MR) is 232 cm³/mol. The number of aliphatic hydroxyl groups excluding tert-OH is 1. The molecule has 0 aromatic heterocycles. The number of rotatable bonds is 16. The Morgan fingerprint density at radius 3 is 1.17 bits per heavy atom. The van der Waals surface area contributed by atoms with E-state index >= 15 is 0 Å². The summed E-state index contributed by atoms with van der Waals surface area (Å²) in [5.74, 6) is 3.13. The fourth-order valence-electron chi connectivity index (χ4n) is 9.54. The van der Waals surface area contributed by atoms with Crippen molar-refractivity contribution < 1.29 is 33.5 Å². The summed E-state index contributed by atoms with van der Waals surface area (Å²) in [5.41, 5.74) is 12.3. The van der Waals surface area contributed by atoms with Crippen molar-refractivity contribution in [1.82, 2.24) is 0 Å². The number of ether oxygens (including phenoxy) is 6. The fraction of sp³-hybridized carbons (Fsp3) is 0.321. The van der Waals surface area contributed by atoms with E-state index in [-0.39, 0.29) is 36.3 Å². The summed E-state index contributed by atoms with van der Waals surface area (Å²) in [5, 5.41) is 11.0. The van der Waals surface area contributed by atoms with Crippen molar-refractivity contribution in [3.63, 3.8) is 0 Å². The smallest absolute Gasteiger partial charge is 0.122 e. The minimum Gasteiger partial charge on any atom is -0.491 e. The van der Waals surface area contributed by atoms with Crippen molar-refractivity contribution in [2.75, 3.05) is 39.6 Å². The Balaban J connectivity index is 0.803. The Morgan fingerprint density at radius 2 is 0.833 bits per heavy atom. The van der Waals surface area contributed by atoms with Crippen molar-refractivity contribution in [3.05, 3.63) is 189 Å². The van der Waals surface area contributed by atoms with E-state index in [2.05, 4.69) is 123 Å². The molecule has 6 aromatic carbocycles. The highest BCUT2D eigenvalue weighted by atomic mass is 16.6. The summed E-state index contributed by atoms with van der Waals surface area (Å²) in [6.45, 7) is 7.29. The van der Waals surface area contributed by atoms with Crippen LogP contribution < -0.4 is 18.9 Å². The molecule has 2 fully saturated rings. The monoisotopic (exact) mass is 800 g/mol. The van der Waals surface area contributed by atoms with Crippen LogP contribution in [0.1, 0.15) is 68.5 Å². The molecule has 2 saturated heterocycles. The van der Waals surface area contributed by atoms with Gasteiger partial charge in [0.15, 0.2) is 0 Å². The van der Waals surface area contributed by atoms with Crippen LogP contribution in [0.2, 0.25) is 0 Å². The summed E-state index contributed by atoms with van der Waals surface area (Å²) in [6, 6.07) is 47.6. The van der Waals surface area contributed by atoms with Gasteiger partial charge < -0.3 is 33.5 Å². The molecule has 0 bridgehead atoms. The summed E-state index contributed by atoms with van der Waals surface area (Å²) < 4.78 is 34.9. The lowest BCUT2D eigenvalue weighted by Gasteiger charge is -2.33. The van der Waals surface area contributed by atoms with Crippen LogP contribution in [0.25, 0.3) is 0 Å². The van der Waals surface area contributed by atoms with Crippen LogP contribution in [-0.4, -0.2) is 63.1 Å². The molecular weight excluding hydrogens is 749 g/mol. The Hall–Kier alpha value is -5.60. The van der Waals surface area contributed by atoms with Crippen LogP contribution in [0.15, 0.2) is 133 Å². The van der Waals surface area contributed by atoms with Crippen molar-refractivity contribution in [2.24, 2.45) is 0 Å². The summed E-state index contributed by atoms with van der Waals surface area (Å²) in [7, 11) is 0. The molecule has 60 heavy (non-hydrogen) atoms. The lowest BCUT2D eigenvalue weighted by atomic mass is 9.70. The van der Waals surface area contributed by atoms with Gasteiger partial charge in [0.1, 0.15) is 67.7 Å². The van der Waals surface area contributed by atoms with E-state index in [0.29, 0.717) is 24.7 Å². The molecule has 306 valence electrons. The molecule has 6 aromatic rings. The van der Waals surface area contributed by atoms with Gasteiger partial charge in [-0.25, -0.2) is 0 Å². The molecule has 4 unspecified atom stereocenters. The zero-order chi connectivity index (χ0) is 40.7. The van der Waals surface area contributed by atoms with Gasteiger partial charge in [-0.2, -0.15) is 0 Å². The SMILES string of the molecule is Cc1ccc2c(c1)C(c1ccc(OCC(O)COc3ccc(C4(c5ccc(OCC6CO6)cc5)CCc5ccc(C)cc54)cc3)cc1)(c1ccc(OCC3CO3)cc1)CC2. The minimum atomic E-state index is -0.809. The molecule has 4 aliphatic rings. The second-order valence-corrected chi connectivity index (χ2v) is 17.0. The maximum absolute atomic E-state index is 11.0. The highest BCUT2D eigenvalue weighted by molar-refractivity contribution is 5.60. The lowest BCUT2D eigenvalue weighted by molar-refractivity contribution is 0.0626. The Labute approximate surface area is 352 Å². The fourth-order valence-corrected chi connectivity index (χ4v) is 9.54. The number of fused-ring (bicyclic) bond motifs is 2.